The van der Waals surface area contributed by atoms with E-state index in [1.165, 1.54) is 12.0 Å². The normalized spacial score (nSPS) is 25.5. The van der Waals surface area contributed by atoms with Crippen molar-refractivity contribution in [1.82, 2.24) is 10.2 Å². The van der Waals surface area contributed by atoms with Crippen molar-refractivity contribution in [1.29, 1.82) is 0 Å². The molecular formula is C28H25ClN2O4. The number of benzene rings is 3. The number of nitrogens with zero attached hydrogens (tertiary/aromatic N) is 1. The fraction of sp³-hybridized carbons (Fsp3) is 0.250. The summed E-state index contributed by atoms with van der Waals surface area (Å²) >= 11 is 6.28. The maximum Gasteiger partial charge on any atom is 0.327 e. The van der Waals surface area contributed by atoms with Crippen LogP contribution >= 0.6 is 11.6 Å². The Morgan fingerprint density at radius 2 is 1.60 bits per heavy atom. The lowest BCUT2D eigenvalue weighted by Gasteiger charge is -2.32. The number of amides is 2. The molecule has 0 radical (unpaired) electrons. The fourth-order valence-electron chi connectivity index (χ4n) is 5.49. The molecule has 2 amide bonds. The lowest BCUT2D eigenvalue weighted by Crippen LogP contribution is -2.57. The van der Waals surface area contributed by atoms with Gasteiger partial charge in [0.2, 0.25) is 11.8 Å². The Morgan fingerprint density at radius 1 is 0.943 bits per heavy atom. The molecule has 0 aliphatic carbocycles. The zero-order chi connectivity index (χ0) is 24.6. The van der Waals surface area contributed by atoms with Crippen molar-refractivity contribution in [3.63, 3.8) is 0 Å². The third-order valence-corrected chi connectivity index (χ3v) is 7.25. The van der Waals surface area contributed by atoms with Gasteiger partial charge in [-0.3, -0.25) is 24.6 Å². The van der Waals surface area contributed by atoms with E-state index in [4.69, 9.17) is 16.3 Å². The number of rotatable bonds is 6. The van der Waals surface area contributed by atoms with Crippen molar-refractivity contribution >= 4 is 29.4 Å². The molecule has 0 saturated carbocycles. The van der Waals surface area contributed by atoms with E-state index in [9.17, 15) is 14.4 Å². The Labute approximate surface area is 208 Å². The van der Waals surface area contributed by atoms with Crippen LogP contribution in [-0.2, 0) is 32.1 Å². The van der Waals surface area contributed by atoms with Crippen LogP contribution in [-0.4, -0.2) is 35.3 Å². The number of esters is 1. The highest BCUT2D eigenvalue weighted by atomic mass is 35.5. The van der Waals surface area contributed by atoms with Crippen molar-refractivity contribution in [2.45, 2.75) is 24.5 Å². The van der Waals surface area contributed by atoms with Crippen molar-refractivity contribution < 1.29 is 19.1 Å². The molecule has 1 N–H and O–H groups in total. The predicted molar refractivity (Wildman–Crippen MR) is 131 cm³/mol. The van der Waals surface area contributed by atoms with Crippen molar-refractivity contribution in [2.24, 2.45) is 11.8 Å². The van der Waals surface area contributed by atoms with Crippen LogP contribution < -0.4 is 5.32 Å². The van der Waals surface area contributed by atoms with Gasteiger partial charge in [0, 0.05) is 17.5 Å². The Kier molecular flexibility index (Phi) is 6.17. The van der Waals surface area contributed by atoms with E-state index in [1.807, 2.05) is 66.7 Å². The molecule has 7 heteroatoms. The van der Waals surface area contributed by atoms with Gasteiger partial charge < -0.3 is 4.74 Å². The minimum absolute atomic E-state index is 0.149. The first-order valence-electron chi connectivity index (χ1n) is 11.5. The van der Waals surface area contributed by atoms with Crippen LogP contribution in [0.5, 0.6) is 0 Å². The summed E-state index contributed by atoms with van der Waals surface area (Å²) in [5.41, 5.74) is 1.03. The van der Waals surface area contributed by atoms with Crippen LogP contribution in [0.1, 0.15) is 22.7 Å². The molecule has 6 nitrogen and oxygen atoms in total. The summed E-state index contributed by atoms with van der Waals surface area (Å²) in [5, 5.41) is 3.90. The van der Waals surface area contributed by atoms with Gasteiger partial charge in [0.05, 0.1) is 25.5 Å². The van der Waals surface area contributed by atoms with E-state index in [2.05, 4.69) is 5.32 Å². The zero-order valence-corrected chi connectivity index (χ0v) is 19.9. The quantitative estimate of drug-likeness (QED) is 0.420. The average molecular weight is 489 g/mol. The summed E-state index contributed by atoms with van der Waals surface area (Å²) in [7, 11) is 1.31. The zero-order valence-electron chi connectivity index (χ0n) is 19.2. The number of hydrogen-bond donors (Lipinski definition) is 1. The Morgan fingerprint density at radius 3 is 2.23 bits per heavy atom. The number of halogens is 1. The van der Waals surface area contributed by atoms with E-state index in [0.717, 1.165) is 16.7 Å². The number of imide groups is 1. The van der Waals surface area contributed by atoms with Gasteiger partial charge in [-0.1, -0.05) is 84.4 Å². The minimum Gasteiger partial charge on any atom is -0.468 e. The Balaban J connectivity index is 1.63. The number of carbonyl (C=O) groups is 3. The van der Waals surface area contributed by atoms with Crippen molar-refractivity contribution in [3.05, 3.63) is 107 Å². The van der Waals surface area contributed by atoms with Crippen LogP contribution in [0, 0.1) is 11.8 Å². The molecule has 2 heterocycles. The fourth-order valence-corrected chi connectivity index (χ4v) is 5.69. The molecule has 3 aromatic rings. The molecule has 0 aromatic heterocycles. The highest BCUT2D eigenvalue weighted by molar-refractivity contribution is 6.30. The Hall–Kier alpha value is -3.48. The SMILES string of the molecule is COC(=O)[C@]1(Cc2ccccc2)N[C@@H](c2cccc(Cl)c2)[C@H]2C(=O)N(Cc3ccccc3)C(=O)[C@@H]21. The standard InChI is InChI=1S/C28H25ClN2O4/c1-35-27(34)28(16-18-9-4-2-5-10-18)23-22(24(30-28)20-13-8-14-21(29)15-20)25(32)31(26(23)33)17-19-11-6-3-7-12-19/h2-15,22-24,30H,16-17H2,1H3/t22-,23+,24-,28+/m0/s1. The number of nitrogens with one attached hydrogen (secondary N) is 1. The maximum absolute atomic E-state index is 13.9. The first-order valence-corrected chi connectivity index (χ1v) is 11.9. The molecule has 2 aliphatic rings. The van der Waals surface area contributed by atoms with E-state index in [0.29, 0.717) is 5.02 Å². The van der Waals surface area contributed by atoms with Gasteiger partial charge in [-0.15, -0.1) is 0 Å². The van der Waals surface area contributed by atoms with Crippen LogP contribution in [0.2, 0.25) is 5.02 Å². The molecule has 0 bridgehead atoms. The third kappa shape index (κ3) is 4.03. The molecule has 0 unspecified atom stereocenters. The summed E-state index contributed by atoms with van der Waals surface area (Å²) in [6.07, 6.45) is 0.205. The summed E-state index contributed by atoms with van der Waals surface area (Å²) in [5.74, 6) is -2.94. The number of likely N-dealkylation sites (tertiary alicyclic amines) is 1. The van der Waals surface area contributed by atoms with Crippen LogP contribution in [0.15, 0.2) is 84.9 Å². The number of hydrogen-bond acceptors (Lipinski definition) is 5. The molecule has 4 atom stereocenters. The van der Waals surface area contributed by atoms with E-state index in [1.54, 1.807) is 18.2 Å². The first kappa shape index (κ1) is 23.3. The molecule has 5 rings (SSSR count). The molecule has 35 heavy (non-hydrogen) atoms. The minimum atomic E-state index is -1.41. The van der Waals surface area contributed by atoms with E-state index in [-0.39, 0.29) is 24.8 Å². The van der Waals surface area contributed by atoms with Crippen molar-refractivity contribution in [2.75, 3.05) is 7.11 Å². The number of methoxy groups -OCH3 is 1. The van der Waals surface area contributed by atoms with Gasteiger partial charge in [0.1, 0.15) is 5.54 Å². The molecule has 178 valence electrons. The molecule has 3 aromatic carbocycles. The predicted octanol–water partition coefficient (Wildman–Crippen LogP) is 3.94. The highest BCUT2D eigenvalue weighted by Gasteiger charge is 2.68. The van der Waals surface area contributed by atoms with Gasteiger partial charge in [-0.05, 0) is 28.8 Å². The molecule has 2 saturated heterocycles. The largest absolute Gasteiger partial charge is 0.468 e. The number of carbonyl (C=O) groups excluding carboxylic acids is 3. The average Bonchev–Trinajstić information content (AvgIpc) is 3.34. The third-order valence-electron chi connectivity index (χ3n) is 7.01. The molecule has 2 fully saturated rings. The van der Waals surface area contributed by atoms with E-state index < -0.39 is 29.4 Å². The lowest BCUT2D eigenvalue weighted by atomic mass is 9.76. The molecular weight excluding hydrogens is 464 g/mol. The smallest absolute Gasteiger partial charge is 0.327 e. The van der Waals surface area contributed by atoms with Gasteiger partial charge in [-0.2, -0.15) is 0 Å². The highest BCUT2D eigenvalue weighted by Crippen LogP contribution is 2.50. The van der Waals surface area contributed by atoms with Crippen LogP contribution in [0.25, 0.3) is 0 Å². The topological polar surface area (TPSA) is 75.7 Å². The maximum atomic E-state index is 13.9. The van der Waals surface area contributed by atoms with Gasteiger partial charge >= 0.3 is 5.97 Å². The second-order valence-electron chi connectivity index (χ2n) is 9.05. The Bertz CT molecular complexity index is 1270. The summed E-state index contributed by atoms with van der Waals surface area (Å²) < 4.78 is 5.25. The lowest BCUT2D eigenvalue weighted by molar-refractivity contribution is -0.154. The number of ether oxygens (including phenoxy) is 1. The van der Waals surface area contributed by atoms with Crippen molar-refractivity contribution in [3.8, 4) is 0 Å². The van der Waals surface area contributed by atoms with Gasteiger partial charge in [0.15, 0.2) is 0 Å². The van der Waals surface area contributed by atoms with Crippen LogP contribution in [0.3, 0.4) is 0 Å². The number of fused-ring (bicyclic) bond motifs is 1. The first-order chi connectivity index (χ1) is 16.9. The summed E-state index contributed by atoms with van der Waals surface area (Å²) in [6.45, 7) is 0.149. The van der Waals surface area contributed by atoms with E-state index >= 15 is 0 Å². The second kappa shape index (κ2) is 9.29. The molecule has 2 aliphatic heterocycles. The van der Waals surface area contributed by atoms with Gasteiger partial charge in [-0.25, -0.2) is 0 Å². The summed E-state index contributed by atoms with van der Waals surface area (Å²) in [6, 6.07) is 25.4. The second-order valence-corrected chi connectivity index (χ2v) is 9.49. The molecule has 0 spiro atoms. The van der Waals surface area contributed by atoms with Gasteiger partial charge in [0.25, 0.3) is 0 Å². The van der Waals surface area contributed by atoms with Crippen LogP contribution in [0.4, 0.5) is 0 Å². The summed E-state index contributed by atoms with van der Waals surface area (Å²) in [4.78, 5) is 42.4. The monoisotopic (exact) mass is 488 g/mol.